The van der Waals surface area contributed by atoms with E-state index < -0.39 is 0 Å². The summed E-state index contributed by atoms with van der Waals surface area (Å²) in [6, 6.07) is 17.3. The zero-order valence-electron chi connectivity index (χ0n) is 11.1. The molecule has 2 rings (SSSR count). The van der Waals surface area contributed by atoms with E-state index >= 15 is 0 Å². The van der Waals surface area contributed by atoms with Crippen molar-refractivity contribution in [1.82, 2.24) is 5.43 Å². The molecule has 0 aromatic heterocycles. The van der Waals surface area contributed by atoms with Gasteiger partial charge in [-0.05, 0) is 37.3 Å². The molecule has 20 heavy (non-hydrogen) atoms. The minimum atomic E-state index is 0.435. The van der Waals surface area contributed by atoms with Crippen molar-refractivity contribution in [3.05, 3.63) is 60.2 Å². The number of nitrogens with two attached hydrogens (primary N) is 1. The summed E-state index contributed by atoms with van der Waals surface area (Å²) in [6.45, 7) is 1.88. The third-order valence-electron chi connectivity index (χ3n) is 2.71. The minimum Gasteiger partial charge on any atom is -0.398 e. The van der Waals surface area contributed by atoms with Gasteiger partial charge in [0.2, 0.25) is 0 Å². The van der Waals surface area contributed by atoms with Crippen LogP contribution < -0.4 is 16.5 Å². The number of hydrazone groups is 1. The van der Waals surface area contributed by atoms with Gasteiger partial charge in [-0.2, -0.15) is 5.10 Å². The summed E-state index contributed by atoms with van der Waals surface area (Å²) in [7, 11) is 0. The SMILES string of the molecule is CC(=NNC(=S)Nc1ccccc1)c1ccccc1N. The molecule has 102 valence electrons. The summed E-state index contributed by atoms with van der Waals surface area (Å²) >= 11 is 5.18. The Bertz CT molecular complexity index is 623. The van der Waals surface area contributed by atoms with Crippen molar-refractivity contribution in [2.75, 3.05) is 11.1 Å². The third kappa shape index (κ3) is 3.80. The molecular formula is C15H16N4S. The van der Waals surface area contributed by atoms with Gasteiger partial charge in [-0.15, -0.1) is 0 Å². The molecule has 0 amide bonds. The number of rotatable bonds is 3. The maximum Gasteiger partial charge on any atom is 0.191 e. The van der Waals surface area contributed by atoms with E-state index in [2.05, 4.69) is 15.8 Å². The summed E-state index contributed by atoms with van der Waals surface area (Å²) in [5.41, 5.74) is 12.0. The Morgan fingerprint density at radius 1 is 1.05 bits per heavy atom. The van der Waals surface area contributed by atoms with Gasteiger partial charge >= 0.3 is 0 Å². The monoisotopic (exact) mass is 284 g/mol. The number of nitrogens with zero attached hydrogens (tertiary/aromatic N) is 1. The van der Waals surface area contributed by atoms with Crippen LogP contribution in [0.15, 0.2) is 59.7 Å². The van der Waals surface area contributed by atoms with Crippen molar-refractivity contribution < 1.29 is 0 Å². The first-order valence-electron chi connectivity index (χ1n) is 6.18. The average molecular weight is 284 g/mol. The first-order chi connectivity index (χ1) is 9.66. The Labute approximate surface area is 123 Å². The largest absolute Gasteiger partial charge is 0.398 e. The normalized spacial score (nSPS) is 10.9. The fourth-order valence-electron chi connectivity index (χ4n) is 1.70. The van der Waals surface area contributed by atoms with Gasteiger partial charge in [-0.25, -0.2) is 0 Å². The van der Waals surface area contributed by atoms with E-state index in [4.69, 9.17) is 18.0 Å². The van der Waals surface area contributed by atoms with Crippen molar-refractivity contribution in [2.45, 2.75) is 6.92 Å². The Balaban J connectivity index is 1.99. The molecule has 2 aromatic rings. The molecule has 4 N–H and O–H groups in total. The number of benzene rings is 2. The highest BCUT2D eigenvalue weighted by molar-refractivity contribution is 7.80. The molecule has 0 bridgehead atoms. The summed E-state index contributed by atoms with van der Waals surface area (Å²) in [6.07, 6.45) is 0. The number of nitrogen functional groups attached to an aromatic ring is 1. The molecule has 0 heterocycles. The van der Waals surface area contributed by atoms with E-state index in [9.17, 15) is 0 Å². The standard InChI is InChI=1S/C15H16N4S/c1-11(13-9-5-6-10-14(13)16)18-19-15(20)17-12-7-3-2-4-8-12/h2-10H,16H2,1H3,(H2,17,19,20). The zero-order chi connectivity index (χ0) is 14.4. The van der Waals surface area contributed by atoms with Crippen LogP contribution in [-0.2, 0) is 0 Å². The van der Waals surface area contributed by atoms with Crippen LogP contribution in [0.4, 0.5) is 11.4 Å². The van der Waals surface area contributed by atoms with Crippen LogP contribution in [0.3, 0.4) is 0 Å². The van der Waals surface area contributed by atoms with Crippen molar-refractivity contribution in [2.24, 2.45) is 5.10 Å². The Kier molecular flexibility index (Phi) is 4.68. The molecule has 0 fully saturated rings. The first kappa shape index (κ1) is 14.0. The minimum absolute atomic E-state index is 0.435. The number of hydrogen-bond acceptors (Lipinski definition) is 3. The number of nitrogens with one attached hydrogen (secondary N) is 2. The van der Waals surface area contributed by atoms with Gasteiger partial charge < -0.3 is 11.1 Å². The molecule has 0 aliphatic heterocycles. The summed E-state index contributed by atoms with van der Waals surface area (Å²) in [4.78, 5) is 0. The van der Waals surface area contributed by atoms with Gasteiger partial charge in [-0.1, -0.05) is 36.4 Å². The smallest absolute Gasteiger partial charge is 0.191 e. The molecule has 0 radical (unpaired) electrons. The Morgan fingerprint density at radius 2 is 1.70 bits per heavy atom. The maximum absolute atomic E-state index is 5.89. The van der Waals surface area contributed by atoms with Crippen LogP contribution in [-0.4, -0.2) is 10.8 Å². The van der Waals surface area contributed by atoms with Crippen LogP contribution in [0.1, 0.15) is 12.5 Å². The lowest BCUT2D eigenvalue weighted by Crippen LogP contribution is -2.25. The van der Waals surface area contributed by atoms with Gasteiger partial charge in [0, 0.05) is 16.9 Å². The fourth-order valence-corrected chi connectivity index (χ4v) is 1.87. The lowest BCUT2D eigenvalue weighted by molar-refractivity contribution is 1.04. The molecule has 2 aromatic carbocycles. The lowest BCUT2D eigenvalue weighted by atomic mass is 10.1. The lowest BCUT2D eigenvalue weighted by Gasteiger charge is -2.08. The highest BCUT2D eigenvalue weighted by atomic mass is 32.1. The second-order valence-electron chi connectivity index (χ2n) is 4.22. The molecule has 4 nitrogen and oxygen atoms in total. The second kappa shape index (κ2) is 6.68. The fraction of sp³-hybridized carbons (Fsp3) is 0.0667. The Morgan fingerprint density at radius 3 is 2.40 bits per heavy atom. The molecule has 0 unspecified atom stereocenters. The van der Waals surface area contributed by atoms with Crippen molar-refractivity contribution >= 4 is 34.4 Å². The summed E-state index contributed by atoms with van der Waals surface area (Å²) in [5.74, 6) is 0. The van der Waals surface area contributed by atoms with Crippen molar-refractivity contribution in [3.8, 4) is 0 Å². The maximum atomic E-state index is 5.89. The molecular weight excluding hydrogens is 268 g/mol. The molecule has 0 atom stereocenters. The molecule has 0 saturated heterocycles. The van der Waals surface area contributed by atoms with E-state index in [1.54, 1.807) is 0 Å². The van der Waals surface area contributed by atoms with Gasteiger partial charge in [0.05, 0.1) is 5.71 Å². The Hall–Kier alpha value is -2.40. The molecule has 0 spiro atoms. The van der Waals surface area contributed by atoms with Crippen LogP contribution in [0.2, 0.25) is 0 Å². The molecule has 0 aliphatic carbocycles. The molecule has 0 saturated carbocycles. The van der Waals surface area contributed by atoms with E-state index in [1.165, 1.54) is 0 Å². The van der Waals surface area contributed by atoms with Crippen LogP contribution in [0.25, 0.3) is 0 Å². The van der Waals surface area contributed by atoms with E-state index in [-0.39, 0.29) is 0 Å². The average Bonchev–Trinajstić information content (AvgIpc) is 2.46. The van der Waals surface area contributed by atoms with Gasteiger partial charge in [0.15, 0.2) is 5.11 Å². The van der Waals surface area contributed by atoms with Gasteiger partial charge in [0.1, 0.15) is 0 Å². The van der Waals surface area contributed by atoms with Gasteiger partial charge in [0.25, 0.3) is 0 Å². The van der Waals surface area contributed by atoms with E-state index in [1.807, 2.05) is 61.5 Å². The number of anilines is 2. The topological polar surface area (TPSA) is 62.4 Å². The van der Waals surface area contributed by atoms with E-state index in [0.29, 0.717) is 10.8 Å². The first-order valence-corrected chi connectivity index (χ1v) is 6.59. The second-order valence-corrected chi connectivity index (χ2v) is 4.62. The predicted octanol–water partition coefficient (Wildman–Crippen LogP) is 2.98. The molecule has 5 heteroatoms. The number of hydrogen-bond donors (Lipinski definition) is 3. The number of para-hydroxylation sites is 2. The molecule has 0 aliphatic rings. The highest BCUT2D eigenvalue weighted by Crippen LogP contribution is 2.11. The summed E-state index contributed by atoms with van der Waals surface area (Å²) in [5, 5.41) is 7.71. The van der Waals surface area contributed by atoms with E-state index in [0.717, 1.165) is 17.0 Å². The predicted molar refractivity (Wildman–Crippen MR) is 88.9 cm³/mol. The van der Waals surface area contributed by atoms with Gasteiger partial charge in [-0.3, -0.25) is 5.43 Å². The van der Waals surface area contributed by atoms with Crippen LogP contribution in [0.5, 0.6) is 0 Å². The number of thiocarbonyl (C=S) groups is 1. The third-order valence-corrected chi connectivity index (χ3v) is 2.90. The highest BCUT2D eigenvalue weighted by Gasteiger charge is 2.02. The van der Waals surface area contributed by atoms with Crippen LogP contribution >= 0.6 is 12.2 Å². The zero-order valence-corrected chi connectivity index (χ0v) is 11.9. The van der Waals surface area contributed by atoms with Crippen molar-refractivity contribution in [1.29, 1.82) is 0 Å². The van der Waals surface area contributed by atoms with Crippen molar-refractivity contribution in [3.63, 3.8) is 0 Å². The van der Waals surface area contributed by atoms with Crippen LogP contribution in [0, 0.1) is 0 Å². The quantitative estimate of drug-likeness (QED) is 0.351. The summed E-state index contributed by atoms with van der Waals surface area (Å²) < 4.78 is 0.